The van der Waals surface area contributed by atoms with Crippen LogP contribution in [0.3, 0.4) is 0 Å². The summed E-state index contributed by atoms with van der Waals surface area (Å²) in [6.45, 7) is 9.34. The van der Waals surface area contributed by atoms with Crippen molar-refractivity contribution in [2.45, 2.75) is 154 Å². The van der Waals surface area contributed by atoms with Crippen molar-refractivity contribution in [3.05, 3.63) is 148 Å². The lowest BCUT2D eigenvalue weighted by Crippen LogP contribution is -2.59. The Labute approximate surface area is 465 Å². The molecule has 1 aliphatic heterocycles. The van der Waals surface area contributed by atoms with Gasteiger partial charge in [-0.3, -0.25) is 33.6 Å². The second-order valence-electron chi connectivity index (χ2n) is 23.0. The second-order valence-corrected chi connectivity index (χ2v) is 23.0. The zero-order chi connectivity index (χ0) is 56.4. The van der Waals surface area contributed by atoms with E-state index in [1.165, 1.54) is 16.0 Å². The van der Waals surface area contributed by atoms with Crippen LogP contribution in [0.5, 0.6) is 5.75 Å². The van der Waals surface area contributed by atoms with Crippen molar-refractivity contribution >= 4 is 41.2 Å². The number of ketones is 1. The molecule has 4 aromatic carbocycles. The Morgan fingerprint density at radius 1 is 0.646 bits per heavy atom. The number of carbonyl (C=O) groups is 7. The summed E-state index contributed by atoms with van der Waals surface area (Å²) in [4.78, 5) is 99.4. The first kappa shape index (κ1) is 58.0. The number of nitrogens with zero attached hydrogens (tertiary/aromatic N) is 1. The highest BCUT2D eigenvalue weighted by Crippen LogP contribution is 2.35. The Kier molecular flexibility index (Phi) is 19.2. The monoisotopic (exact) mass is 1080 g/mol. The highest BCUT2D eigenvalue weighted by Gasteiger charge is 2.46. The average Bonchev–Trinajstić information content (AvgIpc) is 4.06. The molecule has 10 atom stereocenters. The van der Waals surface area contributed by atoms with E-state index >= 15 is 0 Å². The molecule has 0 saturated carbocycles. The minimum Gasteiger partial charge on any atom is -0.489 e. The van der Waals surface area contributed by atoms with E-state index in [1.807, 2.05) is 99.7 Å². The van der Waals surface area contributed by atoms with Crippen LogP contribution in [-0.4, -0.2) is 103 Å². The van der Waals surface area contributed by atoms with Crippen molar-refractivity contribution in [1.82, 2.24) is 42.1 Å². The molecule has 0 bridgehead atoms. The minimum atomic E-state index is -0.941. The Morgan fingerprint density at radius 2 is 1.19 bits per heavy atom. The summed E-state index contributed by atoms with van der Waals surface area (Å²) in [5, 5.41) is 21.4. The Morgan fingerprint density at radius 3 is 1.77 bits per heavy atom. The predicted octanol–water partition coefficient (Wildman–Crippen LogP) is 6.28. The van der Waals surface area contributed by atoms with E-state index in [0.29, 0.717) is 24.2 Å². The highest BCUT2D eigenvalue weighted by molar-refractivity contribution is 5.97. The van der Waals surface area contributed by atoms with Crippen LogP contribution < -0.4 is 42.0 Å². The fourth-order valence-electron chi connectivity index (χ4n) is 11.5. The van der Waals surface area contributed by atoms with Gasteiger partial charge in [-0.25, -0.2) is 0 Å². The van der Waals surface area contributed by atoms with Crippen molar-refractivity contribution in [1.29, 1.82) is 0 Å². The van der Waals surface area contributed by atoms with Crippen LogP contribution in [0.25, 0.3) is 0 Å². The topological polar surface area (TPSA) is 216 Å². The van der Waals surface area contributed by atoms with E-state index in [2.05, 4.69) is 55.4 Å². The number of benzene rings is 4. The van der Waals surface area contributed by atoms with Gasteiger partial charge in [0.15, 0.2) is 5.78 Å². The number of rotatable bonds is 20. The molecule has 16 heteroatoms. The van der Waals surface area contributed by atoms with E-state index < -0.39 is 59.4 Å². The number of nitrogens with one attached hydrogen (secondary N) is 7. The molecule has 1 fully saturated rings. The maximum absolute atomic E-state index is 14.6. The lowest BCUT2D eigenvalue weighted by atomic mass is 9.76. The number of amides is 6. The molecule has 0 radical (unpaired) electrons. The lowest BCUT2D eigenvalue weighted by molar-refractivity contribution is -0.144. The van der Waals surface area contributed by atoms with Crippen molar-refractivity contribution in [3.63, 3.8) is 0 Å². The van der Waals surface area contributed by atoms with E-state index in [0.717, 1.165) is 60.8 Å². The molecule has 4 aromatic rings. The van der Waals surface area contributed by atoms with Crippen LogP contribution in [0.4, 0.5) is 0 Å². The molecule has 3 aliphatic carbocycles. The third-order valence-electron chi connectivity index (χ3n) is 16.4. The number of likely N-dealkylation sites (N-methyl/N-ethyl adjacent to an activating group) is 2. The van der Waals surface area contributed by atoms with Crippen LogP contribution in [0.15, 0.2) is 109 Å². The van der Waals surface area contributed by atoms with Gasteiger partial charge in [0.05, 0.1) is 36.1 Å². The Bertz CT molecular complexity index is 2860. The summed E-state index contributed by atoms with van der Waals surface area (Å²) in [6.07, 6.45) is 10.6. The summed E-state index contributed by atoms with van der Waals surface area (Å²) in [5.74, 6) is -2.62. The van der Waals surface area contributed by atoms with E-state index in [4.69, 9.17) is 4.74 Å². The number of allylic oxidation sites excluding steroid dienone is 2. The van der Waals surface area contributed by atoms with Crippen molar-refractivity contribution in [2.75, 3.05) is 20.6 Å². The molecule has 420 valence electrons. The Hall–Kier alpha value is -7.17. The molecule has 6 amide bonds. The zero-order valence-corrected chi connectivity index (χ0v) is 46.9. The van der Waals surface area contributed by atoms with Gasteiger partial charge in [-0.2, -0.15) is 0 Å². The normalized spacial score (nSPS) is 22.1. The fourth-order valence-corrected chi connectivity index (χ4v) is 11.5. The number of Topliss-reactive ketones (excluding diaryl/α,β-unsaturated/α-hetero) is 1. The third-order valence-corrected chi connectivity index (χ3v) is 16.4. The summed E-state index contributed by atoms with van der Waals surface area (Å²) >= 11 is 0. The molecule has 7 N–H and O–H groups in total. The predicted molar refractivity (Wildman–Crippen MR) is 304 cm³/mol. The first-order chi connectivity index (χ1) is 37.9. The van der Waals surface area contributed by atoms with Crippen molar-refractivity contribution < 1.29 is 38.3 Å². The van der Waals surface area contributed by atoms with E-state index in [1.54, 1.807) is 40.1 Å². The quantitative estimate of drug-likeness (QED) is 0.0492. The number of aryl methyl sites for hydroxylation is 2. The molecule has 8 rings (SSSR count). The van der Waals surface area contributed by atoms with Gasteiger partial charge >= 0.3 is 0 Å². The highest BCUT2D eigenvalue weighted by atomic mass is 16.5. The number of hydrogen-bond donors (Lipinski definition) is 7. The number of ether oxygens (including phenoxy) is 1. The molecule has 79 heavy (non-hydrogen) atoms. The smallest absolute Gasteiger partial charge is 0.251 e. The maximum atomic E-state index is 14.6. The van der Waals surface area contributed by atoms with Crippen LogP contribution >= 0.6 is 0 Å². The molecule has 16 nitrogen and oxygen atoms in total. The maximum Gasteiger partial charge on any atom is 0.251 e. The first-order valence-corrected chi connectivity index (χ1v) is 28.2. The van der Waals surface area contributed by atoms with Gasteiger partial charge in [0.25, 0.3) is 5.91 Å². The van der Waals surface area contributed by atoms with Gasteiger partial charge < -0.3 is 46.9 Å². The first-order valence-electron chi connectivity index (χ1n) is 28.2. The molecule has 1 saturated heterocycles. The number of hydrogen-bond acceptors (Lipinski definition) is 10. The fraction of sp³-hybridized carbons (Fsp3) is 0.476. The summed E-state index contributed by atoms with van der Waals surface area (Å²) < 4.78 is 6.16. The number of carbonyl (C=O) groups excluding carboxylic acids is 7. The average molecular weight is 1080 g/mol. The van der Waals surface area contributed by atoms with Crippen molar-refractivity contribution in [3.8, 4) is 5.75 Å². The molecular weight excluding hydrogens is 997 g/mol. The van der Waals surface area contributed by atoms with E-state index in [9.17, 15) is 33.6 Å². The van der Waals surface area contributed by atoms with Gasteiger partial charge in [0.1, 0.15) is 24.4 Å². The van der Waals surface area contributed by atoms with Gasteiger partial charge in [-0.05, 0) is 155 Å². The molecule has 0 aromatic heterocycles. The van der Waals surface area contributed by atoms with Gasteiger partial charge in [-0.1, -0.05) is 106 Å². The standard InChI is InChI=1S/C63H80N8O8/c1-38(64-6)57(73)69-53(55(72)49-22-12-13-23-50(49)60(76)67-51-24-14-18-42-16-8-10-20-47(42)51)34-40-28-32-46(33-29-40)79-37-41-26-30-44(31-27-41)59(75)66-45-35-54(61(77)68-52-25-15-19-43-17-9-11-21-48(43)52)71(36-45)62(78)56(63(3,4)5)70-58(74)39(2)65-7/h8-13,16-17,20-21,26-33,38-39,45,49-54,56,64-65H,14-15,18-19,22-25,34-37H2,1-7H3,(H,66,75)(H,67,76)(H,68,77)(H,69,73)(H,70,74)/t38-,39-,45?,49?,50-,51?,52?,53?,54?,56?/m0/s1. The zero-order valence-electron chi connectivity index (χ0n) is 46.9. The number of likely N-dealkylation sites (tertiary alicyclic amines) is 1. The van der Waals surface area contributed by atoms with Crippen molar-refractivity contribution in [2.24, 2.45) is 17.3 Å². The van der Waals surface area contributed by atoms with Crippen LogP contribution in [0.2, 0.25) is 0 Å². The summed E-state index contributed by atoms with van der Waals surface area (Å²) in [6, 6.07) is 26.0. The minimum absolute atomic E-state index is 0.0770. The number of fused-ring (bicyclic) bond motifs is 2. The lowest BCUT2D eigenvalue weighted by Gasteiger charge is -2.36. The second kappa shape index (κ2) is 26.2. The largest absolute Gasteiger partial charge is 0.489 e. The van der Waals surface area contributed by atoms with Gasteiger partial charge in [-0.15, -0.1) is 0 Å². The van der Waals surface area contributed by atoms with Gasteiger partial charge in [0, 0.05) is 24.1 Å². The van der Waals surface area contributed by atoms with Crippen LogP contribution in [-0.2, 0) is 54.6 Å². The SMILES string of the molecule is CN[C@@H](C)C(=O)NC(Cc1ccc(OCc2ccc(C(=O)NC3CC(C(=O)NC4CCCc5ccccc54)N(C(=O)C(NC(=O)[C@H](C)NC)C(C)(C)C)C3)cc2)cc1)C(=O)C1CC=CC[C@@H]1C(=O)NC1CCCc2ccccc21. The van der Waals surface area contributed by atoms with Gasteiger partial charge in [0.2, 0.25) is 29.5 Å². The van der Waals surface area contributed by atoms with Crippen LogP contribution in [0, 0.1) is 17.3 Å². The molecular formula is C63H80N8O8. The summed E-state index contributed by atoms with van der Waals surface area (Å²) in [5.41, 5.74) is 5.94. The van der Waals surface area contributed by atoms with E-state index in [-0.39, 0.29) is 73.4 Å². The molecule has 1 heterocycles. The van der Waals surface area contributed by atoms with Crippen LogP contribution in [0.1, 0.15) is 135 Å². The summed E-state index contributed by atoms with van der Waals surface area (Å²) in [7, 11) is 3.36. The third kappa shape index (κ3) is 14.4. The molecule has 0 spiro atoms. The molecule has 4 aliphatic rings. The Balaban J connectivity index is 0.893. The molecule has 7 unspecified atom stereocenters.